The highest BCUT2D eigenvalue weighted by Crippen LogP contribution is 2.19. The van der Waals surface area contributed by atoms with Gasteiger partial charge in [-0.05, 0) is 36.5 Å². The third kappa shape index (κ3) is 7.01. The van der Waals surface area contributed by atoms with Gasteiger partial charge in [-0.15, -0.1) is 11.6 Å². The van der Waals surface area contributed by atoms with Crippen molar-refractivity contribution in [1.82, 2.24) is 0 Å². The molecule has 1 aromatic carbocycles. The van der Waals surface area contributed by atoms with Gasteiger partial charge in [0, 0.05) is 12.5 Å². The van der Waals surface area contributed by atoms with Crippen molar-refractivity contribution in [2.75, 3.05) is 26.2 Å². The van der Waals surface area contributed by atoms with Crippen molar-refractivity contribution in [3.63, 3.8) is 0 Å². The molecule has 0 spiro atoms. The molecular formula is C14H18ClF3O2. The van der Waals surface area contributed by atoms with Gasteiger partial charge in [0.1, 0.15) is 12.4 Å². The van der Waals surface area contributed by atoms with Crippen LogP contribution in [0.4, 0.5) is 13.2 Å². The highest BCUT2D eigenvalue weighted by atomic mass is 35.5. The van der Waals surface area contributed by atoms with E-state index >= 15 is 0 Å². The van der Waals surface area contributed by atoms with Crippen LogP contribution < -0.4 is 4.74 Å². The maximum absolute atomic E-state index is 11.9. The average Bonchev–Trinajstić information content (AvgIpc) is 2.41. The summed E-state index contributed by atoms with van der Waals surface area (Å²) in [4.78, 5) is 0. The van der Waals surface area contributed by atoms with E-state index in [0.717, 1.165) is 11.3 Å². The Balaban J connectivity index is 2.38. The SMILES string of the molecule is COc1cccc(CC(CCl)CCOCC(F)(F)F)c1. The van der Waals surface area contributed by atoms with Gasteiger partial charge in [0.2, 0.25) is 0 Å². The average molecular weight is 311 g/mol. The molecular weight excluding hydrogens is 293 g/mol. The molecule has 20 heavy (non-hydrogen) atoms. The number of halogens is 4. The lowest BCUT2D eigenvalue weighted by molar-refractivity contribution is -0.174. The zero-order valence-electron chi connectivity index (χ0n) is 11.3. The van der Waals surface area contributed by atoms with Crippen molar-refractivity contribution in [3.8, 4) is 5.75 Å². The monoisotopic (exact) mass is 310 g/mol. The highest BCUT2D eigenvalue weighted by Gasteiger charge is 2.27. The van der Waals surface area contributed by atoms with E-state index in [1.807, 2.05) is 24.3 Å². The fraction of sp³-hybridized carbons (Fsp3) is 0.571. The standard InChI is InChI=1S/C14H18ClF3O2/c1-19-13-4-2-3-11(8-13)7-12(9-15)5-6-20-10-14(16,17)18/h2-4,8,12H,5-7,9-10H2,1H3. The molecule has 1 aromatic rings. The van der Waals surface area contributed by atoms with Crippen LogP contribution in [0.2, 0.25) is 0 Å². The van der Waals surface area contributed by atoms with Gasteiger partial charge in [-0.1, -0.05) is 12.1 Å². The molecule has 114 valence electrons. The van der Waals surface area contributed by atoms with Crippen molar-refractivity contribution in [3.05, 3.63) is 29.8 Å². The molecule has 0 radical (unpaired) electrons. The van der Waals surface area contributed by atoms with Gasteiger partial charge in [0.25, 0.3) is 0 Å². The Morgan fingerprint density at radius 1 is 1.30 bits per heavy atom. The van der Waals surface area contributed by atoms with Crippen molar-refractivity contribution in [1.29, 1.82) is 0 Å². The van der Waals surface area contributed by atoms with Crippen LogP contribution in [0.3, 0.4) is 0 Å². The number of benzene rings is 1. The summed E-state index contributed by atoms with van der Waals surface area (Å²) in [5.74, 6) is 1.22. The van der Waals surface area contributed by atoms with Crippen LogP contribution in [0.5, 0.6) is 5.75 Å². The first-order chi connectivity index (χ1) is 9.44. The van der Waals surface area contributed by atoms with Crippen molar-refractivity contribution >= 4 is 11.6 Å². The van der Waals surface area contributed by atoms with Crippen LogP contribution in [0, 0.1) is 5.92 Å². The Hall–Kier alpha value is -0.940. The zero-order chi connectivity index (χ0) is 15.0. The third-order valence-corrected chi connectivity index (χ3v) is 3.25. The van der Waals surface area contributed by atoms with Crippen LogP contribution in [0.25, 0.3) is 0 Å². The van der Waals surface area contributed by atoms with Gasteiger partial charge in [0.05, 0.1) is 7.11 Å². The Kier molecular flexibility index (Phi) is 7.16. The molecule has 0 aliphatic heterocycles. The van der Waals surface area contributed by atoms with Gasteiger partial charge in [-0.25, -0.2) is 0 Å². The summed E-state index contributed by atoms with van der Waals surface area (Å²) in [6, 6.07) is 7.56. The molecule has 2 nitrogen and oxygen atoms in total. The molecule has 0 aromatic heterocycles. The van der Waals surface area contributed by atoms with E-state index < -0.39 is 12.8 Å². The van der Waals surface area contributed by atoms with Crippen molar-refractivity contribution in [2.45, 2.75) is 19.0 Å². The van der Waals surface area contributed by atoms with Crippen molar-refractivity contribution < 1.29 is 22.6 Å². The molecule has 1 atom stereocenters. The summed E-state index contributed by atoms with van der Waals surface area (Å²) in [5, 5.41) is 0. The van der Waals surface area contributed by atoms with E-state index in [1.165, 1.54) is 0 Å². The lowest BCUT2D eigenvalue weighted by Crippen LogP contribution is -2.19. The molecule has 0 N–H and O–H groups in total. The lowest BCUT2D eigenvalue weighted by atomic mass is 9.98. The zero-order valence-corrected chi connectivity index (χ0v) is 12.0. The molecule has 0 heterocycles. The number of hydrogen-bond donors (Lipinski definition) is 0. The second-order valence-electron chi connectivity index (χ2n) is 4.53. The number of methoxy groups -OCH3 is 1. The van der Waals surface area contributed by atoms with E-state index in [-0.39, 0.29) is 12.5 Å². The lowest BCUT2D eigenvalue weighted by Gasteiger charge is -2.15. The Morgan fingerprint density at radius 3 is 2.65 bits per heavy atom. The molecule has 0 fully saturated rings. The number of rotatable bonds is 8. The summed E-state index contributed by atoms with van der Waals surface area (Å²) < 4.78 is 45.5. The predicted molar refractivity (Wildman–Crippen MR) is 72.4 cm³/mol. The molecule has 0 amide bonds. The fourth-order valence-electron chi connectivity index (χ4n) is 1.80. The number of alkyl halides is 4. The van der Waals surface area contributed by atoms with Gasteiger partial charge < -0.3 is 9.47 Å². The van der Waals surface area contributed by atoms with E-state index in [9.17, 15) is 13.2 Å². The Bertz CT molecular complexity index is 396. The molecule has 0 saturated carbocycles. The van der Waals surface area contributed by atoms with Crippen molar-refractivity contribution in [2.24, 2.45) is 5.92 Å². The first-order valence-corrected chi connectivity index (χ1v) is 6.81. The Labute approximate surface area is 121 Å². The van der Waals surface area contributed by atoms with Gasteiger partial charge in [-0.2, -0.15) is 13.2 Å². The molecule has 1 unspecified atom stereocenters. The Morgan fingerprint density at radius 2 is 2.05 bits per heavy atom. The largest absolute Gasteiger partial charge is 0.497 e. The predicted octanol–water partition coefficient (Wildman–Crippen LogP) is 4.06. The van der Waals surface area contributed by atoms with Crippen LogP contribution in [0.15, 0.2) is 24.3 Å². The maximum Gasteiger partial charge on any atom is 0.411 e. The van der Waals surface area contributed by atoms with E-state index in [4.69, 9.17) is 16.3 Å². The summed E-state index contributed by atoms with van der Waals surface area (Å²) in [6.07, 6.45) is -3.09. The second-order valence-corrected chi connectivity index (χ2v) is 4.84. The van der Waals surface area contributed by atoms with Crippen LogP contribution >= 0.6 is 11.6 Å². The molecule has 0 saturated heterocycles. The van der Waals surface area contributed by atoms with Gasteiger partial charge >= 0.3 is 6.18 Å². The van der Waals surface area contributed by atoms with Crippen LogP contribution in [-0.4, -0.2) is 32.4 Å². The first-order valence-electron chi connectivity index (χ1n) is 6.28. The first kappa shape index (κ1) is 17.1. The van der Waals surface area contributed by atoms with Gasteiger partial charge in [-0.3, -0.25) is 0 Å². The molecule has 0 aliphatic rings. The van der Waals surface area contributed by atoms with E-state index in [1.54, 1.807) is 7.11 Å². The van der Waals surface area contributed by atoms with E-state index in [2.05, 4.69) is 4.74 Å². The van der Waals surface area contributed by atoms with E-state index in [0.29, 0.717) is 18.7 Å². The van der Waals surface area contributed by atoms with Crippen LogP contribution in [0.1, 0.15) is 12.0 Å². The quantitative estimate of drug-likeness (QED) is 0.532. The summed E-state index contributed by atoms with van der Waals surface area (Å²) in [7, 11) is 1.59. The summed E-state index contributed by atoms with van der Waals surface area (Å²) in [6.45, 7) is -1.15. The van der Waals surface area contributed by atoms with Gasteiger partial charge in [0.15, 0.2) is 0 Å². The minimum atomic E-state index is -4.27. The minimum Gasteiger partial charge on any atom is -0.497 e. The summed E-state index contributed by atoms with van der Waals surface area (Å²) >= 11 is 5.85. The third-order valence-electron chi connectivity index (χ3n) is 2.81. The minimum absolute atomic E-state index is 0.0564. The summed E-state index contributed by atoms with van der Waals surface area (Å²) in [5.41, 5.74) is 1.05. The molecule has 0 aliphatic carbocycles. The second kappa shape index (κ2) is 8.37. The maximum atomic E-state index is 11.9. The topological polar surface area (TPSA) is 18.5 Å². The fourth-order valence-corrected chi connectivity index (χ4v) is 2.07. The highest BCUT2D eigenvalue weighted by molar-refractivity contribution is 6.18. The molecule has 0 bridgehead atoms. The number of ether oxygens (including phenoxy) is 2. The molecule has 6 heteroatoms. The smallest absolute Gasteiger partial charge is 0.411 e. The molecule has 1 rings (SSSR count). The normalized spacial score (nSPS) is 13.2. The number of hydrogen-bond acceptors (Lipinski definition) is 2. The van der Waals surface area contributed by atoms with Crippen LogP contribution in [-0.2, 0) is 11.2 Å².